The maximum Gasteiger partial charge on any atom is 0.271 e. The minimum atomic E-state index is -0.252. The number of nitrogens with zero attached hydrogens (tertiary/aromatic N) is 1. The van der Waals surface area contributed by atoms with Crippen molar-refractivity contribution >= 4 is 40.3 Å². The Balaban J connectivity index is 2.00. The quantitative estimate of drug-likeness (QED) is 0.450. The maximum absolute atomic E-state index is 12.1. The van der Waals surface area contributed by atoms with Gasteiger partial charge in [-0.2, -0.15) is 5.10 Å². The van der Waals surface area contributed by atoms with Crippen molar-refractivity contribution in [3.8, 4) is 5.75 Å². The summed E-state index contributed by atoms with van der Waals surface area (Å²) in [6.45, 7) is 1.83. The third-order valence-corrected chi connectivity index (χ3v) is 3.91. The number of allylic oxidation sites excluding steroid dienone is 1. The van der Waals surface area contributed by atoms with Crippen LogP contribution in [0.2, 0.25) is 0 Å². The van der Waals surface area contributed by atoms with Gasteiger partial charge in [-0.05, 0) is 59.4 Å². The third-order valence-electron chi connectivity index (χ3n) is 3.06. The van der Waals surface area contributed by atoms with E-state index in [-0.39, 0.29) is 5.91 Å². The fourth-order valence-corrected chi connectivity index (χ4v) is 2.56. The number of methoxy groups -OCH3 is 1. The largest absolute Gasteiger partial charge is 0.496 e. The van der Waals surface area contributed by atoms with E-state index in [1.807, 2.05) is 49.4 Å². The minimum absolute atomic E-state index is 0.252. The number of ether oxygens (including phenoxy) is 1. The highest BCUT2D eigenvalue weighted by atomic mass is 127. The highest BCUT2D eigenvalue weighted by Crippen LogP contribution is 2.21. The van der Waals surface area contributed by atoms with Gasteiger partial charge in [-0.15, -0.1) is 0 Å². The third kappa shape index (κ3) is 5.21. The summed E-state index contributed by atoms with van der Waals surface area (Å²) < 4.78 is 6.05. The molecule has 23 heavy (non-hydrogen) atoms. The number of halogens is 1. The van der Waals surface area contributed by atoms with Crippen molar-refractivity contribution in [2.24, 2.45) is 5.10 Å². The summed E-state index contributed by atoms with van der Waals surface area (Å²) in [4.78, 5) is 12.1. The van der Waals surface area contributed by atoms with Gasteiger partial charge in [0.05, 0.1) is 16.4 Å². The van der Waals surface area contributed by atoms with Gasteiger partial charge in [-0.3, -0.25) is 4.79 Å². The molecule has 2 aromatic carbocycles. The van der Waals surface area contributed by atoms with Crippen molar-refractivity contribution in [3.63, 3.8) is 0 Å². The van der Waals surface area contributed by atoms with Gasteiger partial charge in [0, 0.05) is 5.56 Å². The van der Waals surface area contributed by atoms with E-state index in [1.165, 1.54) is 0 Å². The van der Waals surface area contributed by atoms with Crippen LogP contribution in [0.15, 0.2) is 59.7 Å². The number of hydrogen-bond donors (Lipinski definition) is 1. The molecule has 0 radical (unpaired) electrons. The lowest BCUT2D eigenvalue weighted by Crippen LogP contribution is -2.18. The normalized spacial score (nSPS) is 11.5. The average Bonchev–Trinajstić information content (AvgIpc) is 2.58. The highest BCUT2D eigenvalue weighted by molar-refractivity contribution is 14.1. The summed E-state index contributed by atoms with van der Waals surface area (Å²) in [7, 11) is 1.60. The van der Waals surface area contributed by atoms with Gasteiger partial charge in [0.1, 0.15) is 5.75 Å². The Morgan fingerprint density at radius 2 is 1.96 bits per heavy atom. The van der Waals surface area contributed by atoms with Gasteiger partial charge in [0.2, 0.25) is 0 Å². The standard InChI is InChI=1S/C18H17IN2O2/c1-13(8-9-14-6-4-3-5-7-14)20-21-18(22)15-10-11-17(23-2)16(19)12-15/h3-12H,1-2H3,(H,21,22)/b9-8+,20-13+. The maximum atomic E-state index is 12.1. The molecule has 0 unspecified atom stereocenters. The van der Waals surface area contributed by atoms with E-state index in [0.717, 1.165) is 14.9 Å². The van der Waals surface area contributed by atoms with Gasteiger partial charge >= 0.3 is 0 Å². The van der Waals surface area contributed by atoms with Crippen molar-refractivity contribution in [2.45, 2.75) is 6.92 Å². The van der Waals surface area contributed by atoms with Gasteiger partial charge in [-0.25, -0.2) is 5.43 Å². The van der Waals surface area contributed by atoms with E-state index >= 15 is 0 Å². The van der Waals surface area contributed by atoms with Crippen LogP contribution < -0.4 is 10.2 Å². The molecule has 5 heteroatoms. The number of nitrogens with one attached hydrogen (secondary N) is 1. The molecule has 0 saturated heterocycles. The van der Waals surface area contributed by atoms with E-state index in [4.69, 9.17) is 4.74 Å². The first kappa shape index (κ1) is 17.2. The lowest BCUT2D eigenvalue weighted by molar-refractivity contribution is 0.0954. The molecule has 0 spiro atoms. The van der Waals surface area contributed by atoms with Crippen molar-refractivity contribution < 1.29 is 9.53 Å². The number of rotatable bonds is 5. The molecule has 0 bridgehead atoms. The molecule has 0 heterocycles. The lowest BCUT2D eigenvalue weighted by Gasteiger charge is -2.05. The van der Waals surface area contributed by atoms with Gasteiger partial charge in [-0.1, -0.05) is 36.4 Å². The molecule has 0 aromatic heterocycles. The van der Waals surface area contributed by atoms with Gasteiger partial charge < -0.3 is 4.74 Å². The van der Waals surface area contributed by atoms with Crippen LogP contribution in [0.3, 0.4) is 0 Å². The van der Waals surface area contributed by atoms with E-state index < -0.39 is 0 Å². The van der Waals surface area contributed by atoms with E-state index in [1.54, 1.807) is 25.3 Å². The van der Waals surface area contributed by atoms with E-state index in [9.17, 15) is 4.79 Å². The zero-order valence-corrected chi connectivity index (χ0v) is 15.1. The monoisotopic (exact) mass is 420 g/mol. The molecule has 0 saturated carbocycles. The summed E-state index contributed by atoms with van der Waals surface area (Å²) in [5.74, 6) is 0.491. The second-order valence-corrected chi connectivity index (χ2v) is 5.95. The Labute approximate surface area is 149 Å². The van der Waals surface area contributed by atoms with Crippen LogP contribution in [0, 0.1) is 3.57 Å². The molecule has 0 aliphatic heterocycles. The van der Waals surface area contributed by atoms with Crippen LogP contribution in [0.4, 0.5) is 0 Å². The van der Waals surface area contributed by atoms with Crippen molar-refractivity contribution in [1.29, 1.82) is 0 Å². The van der Waals surface area contributed by atoms with Crippen molar-refractivity contribution in [2.75, 3.05) is 7.11 Å². The molecule has 0 aliphatic rings. The summed E-state index contributed by atoms with van der Waals surface area (Å²) in [5, 5.41) is 4.08. The smallest absolute Gasteiger partial charge is 0.271 e. The Kier molecular flexibility index (Phi) is 6.34. The molecular weight excluding hydrogens is 403 g/mol. The molecule has 0 fully saturated rings. The first-order chi connectivity index (χ1) is 11.1. The fraction of sp³-hybridized carbons (Fsp3) is 0.111. The van der Waals surface area contributed by atoms with Crippen LogP contribution in [0.1, 0.15) is 22.8 Å². The van der Waals surface area contributed by atoms with Crippen LogP contribution in [-0.2, 0) is 0 Å². The molecule has 1 N–H and O–H groups in total. The van der Waals surface area contributed by atoms with Gasteiger partial charge in [0.25, 0.3) is 5.91 Å². The number of carbonyl (C=O) groups is 1. The summed E-state index contributed by atoms with van der Waals surface area (Å²) >= 11 is 2.13. The molecule has 0 aliphatic carbocycles. The molecular formula is C18H17IN2O2. The molecule has 118 valence electrons. The van der Waals surface area contributed by atoms with Crippen molar-refractivity contribution in [3.05, 3.63) is 69.3 Å². The minimum Gasteiger partial charge on any atom is -0.496 e. The van der Waals surface area contributed by atoms with Crippen molar-refractivity contribution in [1.82, 2.24) is 5.43 Å². The number of hydrazone groups is 1. The Morgan fingerprint density at radius 1 is 1.22 bits per heavy atom. The average molecular weight is 420 g/mol. The SMILES string of the molecule is COc1ccc(C(=O)N/N=C(C)/C=C/c2ccccc2)cc1I. The van der Waals surface area contributed by atoms with Crippen LogP contribution in [0.5, 0.6) is 5.75 Å². The zero-order chi connectivity index (χ0) is 16.7. The fourth-order valence-electron chi connectivity index (χ4n) is 1.83. The van der Waals surface area contributed by atoms with E-state index in [2.05, 4.69) is 33.1 Å². The van der Waals surface area contributed by atoms with Crippen LogP contribution >= 0.6 is 22.6 Å². The zero-order valence-electron chi connectivity index (χ0n) is 12.9. The lowest BCUT2D eigenvalue weighted by atomic mass is 10.2. The number of carbonyl (C=O) groups excluding carboxylic acids is 1. The topological polar surface area (TPSA) is 50.7 Å². The summed E-state index contributed by atoms with van der Waals surface area (Å²) in [6, 6.07) is 15.2. The van der Waals surface area contributed by atoms with Crippen LogP contribution in [0.25, 0.3) is 6.08 Å². The first-order valence-electron chi connectivity index (χ1n) is 7.01. The number of amides is 1. The molecule has 2 aromatic rings. The predicted octanol–water partition coefficient (Wildman–Crippen LogP) is 4.12. The Hall–Kier alpha value is -2.15. The number of benzene rings is 2. The molecule has 2 rings (SSSR count). The van der Waals surface area contributed by atoms with Gasteiger partial charge in [0.15, 0.2) is 0 Å². The summed E-state index contributed by atoms with van der Waals surface area (Å²) in [5.41, 5.74) is 4.89. The van der Waals surface area contributed by atoms with E-state index in [0.29, 0.717) is 11.3 Å². The van der Waals surface area contributed by atoms with Crippen LogP contribution in [-0.4, -0.2) is 18.7 Å². The predicted molar refractivity (Wildman–Crippen MR) is 102 cm³/mol. The Morgan fingerprint density at radius 3 is 2.61 bits per heavy atom. The Bertz CT molecular complexity index is 740. The second kappa shape index (κ2) is 8.47. The highest BCUT2D eigenvalue weighted by Gasteiger charge is 2.07. The molecule has 4 nitrogen and oxygen atoms in total. The molecule has 0 atom stereocenters. The second-order valence-electron chi connectivity index (χ2n) is 4.79. The summed E-state index contributed by atoms with van der Waals surface area (Å²) in [6.07, 6.45) is 3.80. The molecule has 1 amide bonds. The first-order valence-corrected chi connectivity index (χ1v) is 8.09. The number of hydrogen-bond acceptors (Lipinski definition) is 3.